The summed E-state index contributed by atoms with van der Waals surface area (Å²) in [6.07, 6.45) is 1.17. The maximum absolute atomic E-state index is 13.0. The van der Waals surface area contributed by atoms with E-state index in [-0.39, 0.29) is 18.6 Å². The second-order valence-electron chi connectivity index (χ2n) is 8.05. The number of carbonyl (C=O) groups is 1. The standard InChI is InChI=1S/C23H30N2O4S/c1-16-5-6-18(3)22(13-16)30(27,28)25-11-9-20(10-12-25)24-23(26)15-29-21-8-7-17(2)19(4)14-21/h5-8,13-14,20H,9-12,15H2,1-4H3,(H,24,26). The molecule has 2 aromatic rings. The quantitative estimate of drug-likeness (QED) is 0.763. The monoisotopic (exact) mass is 430 g/mol. The first-order chi connectivity index (χ1) is 14.2. The van der Waals surface area contributed by atoms with Gasteiger partial charge in [0.2, 0.25) is 10.0 Å². The van der Waals surface area contributed by atoms with Gasteiger partial charge in [0.05, 0.1) is 4.90 Å². The van der Waals surface area contributed by atoms with Crippen LogP contribution in [0.25, 0.3) is 0 Å². The Morgan fingerprint density at radius 1 is 1.00 bits per heavy atom. The number of carbonyl (C=O) groups excluding carboxylic acids is 1. The first-order valence-electron chi connectivity index (χ1n) is 10.2. The van der Waals surface area contributed by atoms with Gasteiger partial charge in [-0.05, 0) is 81.0 Å². The summed E-state index contributed by atoms with van der Waals surface area (Å²) in [7, 11) is -3.53. The van der Waals surface area contributed by atoms with E-state index in [1.54, 1.807) is 6.07 Å². The number of nitrogens with one attached hydrogen (secondary N) is 1. The molecule has 1 N–H and O–H groups in total. The molecule has 0 radical (unpaired) electrons. The van der Waals surface area contributed by atoms with Crippen LogP contribution in [0.3, 0.4) is 0 Å². The maximum Gasteiger partial charge on any atom is 0.258 e. The van der Waals surface area contributed by atoms with E-state index in [0.717, 1.165) is 16.7 Å². The molecule has 2 aromatic carbocycles. The summed E-state index contributed by atoms with van der Waals surface area (Å²) < 4.78 is 33.1. The molecule has 1 aliphatic heterocycles. The molecule has 0 bridgehead atoms. The average Bonchev–Trinajstić information content (AvgIpc) is 2.71. The Balaban J connectivity index is 1.52. The predicted molar refractivity (Wildman–Crippen MR) is 117 cm³/mol. The Labute approximate surface area is 179 Å². The van der Waals surface area contributed by atoms with Crippen molar-refractivity contribution in [3.8, 4) is 5.75 Å². The van der Waals surface area contributed by atoms with Crippen LogP contribution in [0.4, 0.5) is 0 Å². The zero-order valence-electron chi connectivity index (χ0n) is 18.1. The topological polar surface area (TPSA) is 75.7 Å². The highest BCUT2D eigenvalue weighted by Crippen LogP contribution is 2.24. The SMILES string of the molecule is Cc1ccc(C)c(S(=O)(=O)N2CCC(NC(=O)COc3ccc(C)c(C)c3)CC2)c1. The number of amides is 1. The fourth-order valence-corrected chi connectivity index (χ4v) is 5.37. The number of ether oxygens (including phenoxy) is 1. The summed E-state index contributed by atoms with van der Waals surface area (Å²) in [5.41, 5.74) is 3.96. The fourth-order valence-electron chi connectivity index (χ4n) is 3.59. The highest BCUT2D eigenvalue weighted by molar-refractivity contribution is 7.89. The van der Waals surface area contributed by atoms with Crippen LogP contribution in [0.5, 0.6) is 5.75 Å². The minimum absolute atomic E-state index is 0.0501. The lowest BCUT2D eigenvalue weighted by molar-refractivity contribution is -0.124. The molecule has 0 saturated carbocycles. The summed E-state index contributed by atoms with van der Waals surface area (Å²) in [5, 5.41) is 2.96. The number of piperidine rings is 1. The Kier molecular flexibility index (Phi) is 6.83. The van der Waals surface area contributed by atoms with Gasteiger partial charge < -0.3 is 10.1 Å². The van der Waals surface area contributed by atoms with Crippen molar-refractivity contribution in [2.75, 3.05) is 19.7 Å². The lowest BCUT2D eigenvalue weighted by Gasteiger charge is -2.32. The summed E-state index contributed by atoms with van der Waals surface area (Å²) in [5.74, 6) is 0.478. The molecule has 6 nitrogen and oxygen atoms in total. The van der Waals surface area contributed by atoms with Crippen molar-refractivity contribution in [2.45, 2.75) is 51.5 Å². The molecule has 0 aromatic heterocycles. The second kappa shape index (κ2) is 9.18. The first-order valence-corrected chi connectivity index (χ1v) is 11.7. The van der Waals surface area contributed by atoms with Gasteiger partial charge in [0, 0.05) is 19.1 Å². The van der Waals surface area contributed by atoms with Gasteiger partial charge in [-0.25, -0.2) is 8.42 Å². The number of nitrogens with zero attached hydrogens (tertiary/aromatic N) is 1. The third kappa shape index (κ3) is 5.21. The van der Waals surface area contributed by atoms with Gasteiger partial charge >= 0.3 is 0 Å². The van der Waals surface area contributed by atoms with Gasteiger partial charge in [0.25, 0.3) is 5.91 Å². The Hall–Kier alpha value is -2.38. The van der Waals surface area contributed by atoms with Crippen LogP contribution in [-0.2, 0) is 14.8 Å². The van der Waals surface area contributed by atoms with Gasteiger partial charge in [0.1, 0.15) is 5.75 Å². The Bertz CT molecular complexity index is 1030. The van der Waals surface area contributed by atoms with Gasteiger partial charge in [-0.3, -0.25) is 4.79 Å². The summed E-state index contributed by atoms with van der Waals surface area (Å²) in [6.45, 7) is 8.46. The van der Waals surface area contributed by atoms with E-state index >= 15 is 0 Å². The maximum atomic E-state index is 13.0. The second-order valence-corrected chi connectivity index (χ2v) is 9.96. The van der Waals surface area contributed by atoms with Crippen LogP contribution in [0.2, 0.25) is 0 Å². The van der Waals surface area contributed by atoms with E-state index in [9.17, 15) is 13.2 Å². The molecule has 1 saturated heterocycles. The molecule has 1 fully saturated rings. The molecule has 162 valence electrons. The molecule has 0 atom stereocenters. The number of aryl methyl sites for hydroxylation is 4. The van der Waals surface area contributed by atoms with E-state index in [1.807, 2.05) is 58.0 Å². The van der Waals surface area contributed by atoms with Gasteiger partial charge in [-0.15, -0.1) is 0 Å². The molecule has 1 aliphatic rings. The highest BCUT2D eigenvalue weighted by Gasteiger charge is 2.31. The van der Waals surface area contributed by atoms with Gasteiger partial charge in [-0.1, -0.05) is 18.2 Å². The van der Waals surface area contributed by atoms with Crippen LogP contribution in [0, 0.1) is 27.7 Å². The molecule has 1 amide bonds. The molecule has 0 aliphatic carbocycles. The summed E-state index contributed by atoms with van der Waals surface area (Å²) in [4.78, 5) is 12.6. The molecule has 1 heterocycles. The Morgan fingerprint density at radius 2 is 1.67 bits per heavy atom. The fraction of sp³-hybridized carbons (Fsp3) is 0.435. The van der Waals surface area contributed by atoms with Crippen molar-refractivity contribution >= 4 is 15.9 Å². The lowest BCUT2D eigenvalue weighted by atomic mass is 10.1. The minimum Gasteiger partial charge on any atom is -0.484 e. The van der Waals surface area contributed by atoms with Crippen LogP contribution in [-0.4, -0.2) is 44.4 Å². The van der Waals surface area contributed by atoms with Gasteiger partial charge in [0.15, 0.2) is 6.61 Å². The number of benzene rings is 2. The summed E-state index contributed by atoms with van der Waals surface area (Å²) in [6, 6.07) is 11.2. The van der Waals surface area contributed by atoms with Crippen molar-refractivity contribution in [3.63, 3.8) is 0 Å². The zero-order chi connectivity index (χ0) is 21.9. The summed E-state index contributed by atoms with van der Waals surface area (Å²) >= 11 is 0. The van der Waals surface area contributed by atoms with E-state index < -0.39 is 10.0 Å². The predicted octanol–water partition coefficient (Wildman–Crippen LogP) is 3.27. The molecular formula is C23H30N2O4S. The van der Waals surface area contributed by atoms with Crippen molar-refractivity contribution in [3.05, 3.63) is 58.7 Å². The molecular weight excluding hydrogens is 400 g/mol. The number of sulfonamides is 1. The normalized spacial score (nSPS) is 15.7. The van der Waals surface area contributed by atoms with Crippen LogP contribution in [0.15, 0.2) is 41.3 Å². The van der Waals surface area contributed by atoms with E-state index in [1.165, 1.54) is 9.87 Å². The first kappa shape index (κ1) is 22.3. The third-order valence-electron chi connectivity index (χ3n) is 5.63. The molecule has 30 heavy (non-hydrogen) atoms. The largest absolute Gasteiger partial charge is 0.484 e. The molecule has 0 spiro atoms. The van der Waals surface area contributed by atoms with E-state index in [4.69, 9.17) is 4.74 Å². The van der Waals surface area contributed by atoms with Crippen molar-refractivity contribution in [1.29, 1.82) is 0 Å². The van der Waals surface area contributed by atoms with Crippen LogP contribution < -0.4 is 10.1 Å². The van der Waals surface area contributed by atoms with Crippen molar-refractivity contribution < 1.29 is 17.9 Å². The van der Waals surface area contributed by atoms with E-state index in [2.05, 4.69) is 5.32 Å². The smallest absolute Gasteiger partial charge is 0.258 e. The van der Waals surface area contributed by atoms with Crippen molar-refractivity contribution in [1.82, 2.24) is 9.62 Å². The molecule has 0 unspecified atom stereocenters. The Morgan fingerprint density at radius 3 is 2.33 bits per heavy atom. The van der Waals surface area contributed by atoms with Gasteiger partial charge in [-0.2, -0.15) is 4.31 Å². The molecule has 3 rings (SSSR count). The highest BCUT2D eigenvalue weighted by atomic mass is 32.2. The minimum atomic E-state index is -3.53. The lowest BCUT2D eigenvalue weighted by Crippen LogP contribution is -2.47. The third-order valence-corrected chi connectivity index (χ3v) is 7.67. The average molecular weight is 431 g/mol. The number of hydrogen-bond donors (Lipinski definition) is 1. The number of hydrogen-bond acceptors (Lipinski definition) is 4. The molecule has 7 heteroatoms. The zero-order valence-corrected chi connectivity index (χ0v) is 18.9. The van der Waals surface area contributed by atoms with E-state index in [0.29, 0.717) is 36.6 Å². The van der Waals surface area contributed by atoms with Crippen molar-refractivity contribution in [2.24, 2.45) is 0 Å². The van der Waals surface area contributed by atoms with Crippen LogP contribution >= 0.6 is 0 Å². The number of rotatable bonds is 6. The van der Waals surface area contributed by atoms with Crippen LogP contribution in [0.1, 0.15) is 35.1 Å².